The zero-order chi connectivity index (χ0) is 22.3. The van der Waals surface area contributed by atoms with Crippen molar-refractivity contribution in [1.29, 1.82) is 5.26 Å². The topological polar surface area (TPSA) is 136 Å². The predicted octanol–water partition coefficient (Wildman–Crippen LogP) is 0.921. The monoisotopic (exact) mass is 474 g/mol. The van der Waals surface area contributed by atoms with Crippen molar-refractivity contribution in [2.45, 2.75) is 20.6 Å². The van der Waals surface area contributed by atoms with Gasteiger partial charge in [-0.25, -0.2) is 21.2 Å². The molecule has 0 bridgehead atoms. The molecule has 0 aromatic heterocycles. The van der Waals surface area contributed by atoms with Gasteiger partial charge in [-0.15, -0.1) is 0 Å². The Kier molecular flexibility index (Phi) is 5.94. The summed E-state index contributed by atoms with van der Waals surface area (Å²) in [6.07, 6.45) is 0. The number of aliphatic hydroxyl groups excluding tert-OH is 1. The minimum absolute atomic E-state index is 0.0921. The summed E-state index contributed by atoms with van der Waals surface area (Å²) < 4.78 is 66.7. The lowest BCUT2D eigenvalue weighted by atomic mass is 10.1. The van der Waals surface area contributed by atoms with Crippen LogP contribution in [0.1, 0.15) is 5.56 Å². The van der Waals surface area contributed by atoms with Crippen molar-refractivity contribution in [3.05, 3.63) is 58.9 Å². The number of hydrogen-bond acceptors (Lipinski definition) is 7. The van der Waals surface area contributed by atoms with E-state index in [-0.39, 0.29) is 15.5 Å². The molecule has 1 aliphatic heterocycles. The highest BCUT2D eigenvalue weighted by Crippen LogP contribution is 2.36. The van der Waals surface area contributed by atoms with Crippen LogP contribution in [0.2, 0.25) is 5.02 Å². The van der Waals surface area contributed by atoms with E-state index in [0.29, 0.717) is 10.4 Å². The fourth-order valence-corrected chi connectivity index (χ4v) is 7.33. The van der Waals surface area contributed by atoms with Crippen LogP contribution in [0.5, 0.6) is 0 Å². The molecule has 0 saturated carbocycles. The number of nitrogens with zero attached hydrogens (tertiary/aromatic N) is 2. The normalized spacial score (nSPS) is 22.7. The summed E-state index contributed by atoms with van der Waals surface area (Å²) in [6.45, 7) is -2.45. The van der Waals surface area contributed by atoms with Crippen molar-refractivity contribution in [1.82, 2.24) is 4.31 Å². The number of β-amino-alcohol motifs (C(OH)–C–C–N with tert-alkyl or cyclic N) is 1. The highest BCUT2D eigenvalue weighted by molar-refractivity contribution is 7.92. The molecule has 8 nitrogen and oxygen atoms in total. The highest BCUT2D eigenvalue weighted by Gasteiger charge is 2.55. The van der Waals surface area contributed by atoms with Crippen LogP contribution in [-0.4, -0.2) is 61.9 Å². The Morgan fingerprint density at radius 1 is 1.23 bits per heavy atom. The van der Waals surface area contributed by atoms with Crippen LogP contribution in [0, 0.1) is 17.1 Å². The number of halogens is 2. The summed E-state index contributed by atoms with van der Waals surface area (Å²) in [7, 11) is -8.79. The minimum Gasteiger partial charge on any atom is -0.393 e. The molecule has 2 aromatic carbocycles. The number of benzene rings is 2. The summed E-state index contributed by atoms with van der Waals surface area (Å²) in [6, 6.07) is 9.66. The molecule has 3 rings (SSSR count). The second kappa shape index (κ2) is 7.88. The van der Waals surface area contributed by atoms with E-state index in [1.165, 1.54) is 24.3 Å². The number of sulfone groups is 1. The maximum Gasteiger partial charge on any atom is 0.244 e. The molecule has 2 atom stereocenters. The molecule has 1 aliphatic rings. The first-order chi connectivity index (χ1) is 14.0. The van der Waals surface area contributed by atoms with Gasteiger partial charge in [0.25, 0.3) is 0 Å². The van der Waals surface area contributed by atoms with Crippen LogP contribution >= 0.6 is 11.6 Å². The number of nitriles is 1. The van der Waals surface area contributed by atoms with Crippen LogP contribution < -0.4 is 0 Å². The Hall–Kier alpha value is -2.07. The molecule has 2 aromatic rings. The van der Waals surface area contributed by atoms with E-state index in [4.69, 9.17) is 16.9 Å². The molecule has 0 amide bonds. The van der Waals surface area contributed by atoms with E-state index < -0.39 is 61.1 Å². The maximum atomic E-state index is 14.0. The molecule has 0 spiro atoms. The summed E-state index contributed by atoms with van der Waals surface area (Å²) in [5, 5.41) is 27.4. The summed E-state index contributed by atoms with van der Waals surface area (Å²) in [4.78, 5) is -0.831. The Morgan fingerprint density at radius 3 is 2.47 bits per heavy atom. The van der Waals surface area contributed by atoms with Gasteiger partial charge >= 0.3 is 0 Å². The first-order valence-corrected chi connectivity index (χ1v) is 11.9. The lowest BCUT2D eigenvalue weighted by molar-refractivity contribution is 0.00159. The zero-order valence-electron chi connectivity index (χ0n) is 15.2. The van der Waals surface area contributed by atoms with Gasteiger partial charge in [-0.2, -0.15) is 9.57 Å². The molecule has 2 N–H and O–H groups in total. The fourth-order valence-electron chi connectivity index (χ4n) is 3.27. The van der Waals surface area contributed by atoms with E-state index >= 15 is 0 Å². The van der Waals surface area contributed by atoms with Crippen LogP contribution in [-0.2, 0) is 19.9 Å². The molecule has 12 heteroatoms. The molecular formula is C18H16ClFN2O6S2. The Balaban J connectivity index is 2.05. The zero-order valence-corrected chi connectivity index (χ0v) is 17.6. The van der Waals surface area contributed by atoms with Crippen LogP contribution in [0.25, 0.3) is 0 Å². The van der Waals surface area contributed by atoms with Gasteiger partial charge < -0.3 is 10.2 Å². The summed E-state index contributed by atoms with van der Waals surface area (Å²) in [5.41, 5.74) is -2.71. The predicted molar refractivity (Wildman–Crippen MR) is 104 cm³/mol. The average molecular weight is 475 g/mol. The molecule has 1 heterocycles. The van der Waals surface area contributed by atoms with E-state index in [9.17, 15) is 31.4 Å². The quantitative estimate of drug-likeness (QED) is 0.657. The van der Waals surface area contributed by atoms with Crippen LogP contribution in [0.4, 0.5) is 4.39 Å². The Morgan fingerprint density at radius 2 is 1.90 bits per heavy atom. The molecule has 0 unspecified atom stereocenters. The van der Waals surface area contributed by atoms with Gasteiger partial charge in [-0.3, -0.25) is 0 Å². The summed E-state index contributed by atoms with van der Waals surface area (Å²) in [5.74, 6) is -1.08. The molecule has 30 heavy (non-hydrogen) atoms. The SMILES string of the molecule is N#Cc1ccc(S(=O)(=O)[C@H]2CN(S(=O)(=O)c3ccccc3Cl)C[C@@]2(O)CO)cc1F. The first kappa shape index (κ1) is 22.6. The van der Waals surface area contributed by atoms with Crippen molar-refractivity contribution < 1.29 is 31.4 Å². The Bertz CT molecular complexity index is 1250. The summed E-state index contributed by atoms with van der Waals surface area (Å²) >= 11 is 5.96. The van der Waals surface area contributed by atoms with Gasteiger partial charge in [-0.05, 0) is 30.3 Å². The third-order valence-electron chi connectivity index (χ3n) is 4.91. The standard InChI is InChI=1S/C18H16ClFN2O6S2/c19-14-3-1-2-4-16(14)30(27,28)22-9-17(18(24,10-22)11-23)29(25,26)13-6-5-12(8-21)15(20)7-13/h1-7,17,23-24H,9-11H2/t17-,18+/m0/s1. The van der Waals surface area contributed by atoms with Crippen molar-refractivity contribution in [2.75, 3.05) is 19.7 Å². The third kappa shape index (κ3) is 3.71. The number of hydrogen-bond donors (Lipinski definition) is 2. The number of rotatable bonds is 5. The van der Waals surface area contributed by atoms with Crippen molar-refractivity contribution in [2.24, 2.45) is 0 Å². The number of sulfonamides is 1. The number of aliphatic hydroxyl groups is 2. The first-order valence-electron chi connectivity index (χ1n) is 8.49. The molecule has 1 saturated heterocycles. The van der Waals surface area contributed by atoms with Crippen LogP contribution in [0.15, 0.2) is 52.3 Å². The molecular weight excluding hydrogens is 459 g/mol. The Labute approximate surface area is 177 Å². The molecule has 0 aliphatic carbocycles. The third-order valence-corrected chi connectivity index (χ3v) is 9.47. The van der Waals surface area contributed by atoms with Crippen LogP contribution in [0.3, 0.4) is 0 Å². The van der Waals surface area contributed by atoms with Gasteiger partial charge in [0.15, 0.2) is 9.84 Å². The van der Waals surface area contributed by atoms with Crippen molar-refractivity contribution in [3.63, 3.8) is 0 Å². The van der Waals surface area contributed by atoms with Crippen molar-refractivity contribution >= 4 is 31.5 Å². The van der Waals surface area contributed by atoms with Gasteiger partial charge in [0.2, 0.25) is 10.0 Å². The minimum atomic E-state index is -4.49. The molecule has 0 radical (unpaired) electrons. The van der Waals surface area contributed by atoms with Gasteiger partial charge in [0, 0.05) is 13.1 Å². The second-order valence-corrected chi connectivity index (χ2v) is 11.2. The second-order valence-electron chi connectivity index (χ2n) is 6.78. The maximum absolute atomic E-state index is 14.0. The lowest BCUT2D eigenvalue weighted by Gasteiger charge is -2.26. The van der Waals surface area contributed by atoms with E-state index in [1.54, 1.807) is 6.07 Å². The average Bonchev–Trinajstić information content (AvgIpc) is 3.08. The smallest absolute Gasteiger partial charge is 0.244 e. The lowest BCUT2D eigenvalue weighted by Crippen LogP contribution is -2.49. The van der Waals surface area contributed by atoms with E-state index in [0.717, 1.165) is 12.1 Å². The van der Waals surface area contributed by atoms with E-state index in [2.05, 4.69) is 0 Å². The fraction of sp³-hybridized carbons (Fsp3) is 0.278. The highest BCUT2D eigenvalue weighted by atomic mass is 35.5. The van der Waals surface area contributed by atoms with Crippen molar-refractivity contribution in [3.8, 4) is 6.07 Å². The van der Waals surface area contributed by atoms with Gasteiger partial charge in [0.1, 0.15) is 27.6 Å². The molecule has 160 valence electrons. The van der Waals surface area contributed by atoms with Gasteiger partial charge in [0.05, 0.1) is 22.1 Å². The van der Waals surface area contributed by atoms with E-state index in [1.807, 2.05) is 0 Å². The largest absolute Gasteiger partial charge is 0.393 e. The van der Waals surface area contributed by atoms with Gasteiger partial charge in [-0.1, -0.05) is 23.7 Å². The molecule has 1 fully saturated rings.